The molecular formula is C6H3ClF3N3. The van der Waals surface area contributed by atoms with Crippen LogP contribution in [0.5, 0.6) is 0 Å². The van der Waals surface area contributed by atoms with Gasteiger partial charge in [-0.2, -0.15) is 13.2 Å². The number of alkyl halides is 3. The molecule has 0 aromatic carbocycles. The van der Waals surface area contributed by atoms with Crippen LogP contribution in [0.3, 0.4) is 0 Å². The molecule has 0 saturated carbocycles. The van der Waals surface area contributed by atoms with Crippen molar-refractivity contribution in [1.29, 1.82) is 0 Å². The molecule has 0 unspecified atom stereocenters. The maximum atomic E-state index is 11.8. The average molecular weight is 210 g/mol. The van der Waals surface area contributed by atoms with E-state index in [2.05, 4.69) is 15.0 Å². The molecular weight excluding hydrogens is 207 g/mol. The number of hydrogen-bond donors (Lipinski definition) is 0. The summed E-state index contributed by atoms with van der Waals surface area (Å²) in [5.41, 5.74) is 0. The quantitative estimate of drug-likeness (QED) is 0.666. The van der Waals surface area contributed by atoms with Gasteiger partial charge < -0.3 is 0 Å². The fourth-order valence-electron chi connectivity index (χ4n) is 0.514. The molecule has 0 N–H and O–H groups in total. The van der Waals surface area contributed by atoms with Crippen molar-refractivity contribution >= 4 is 22.6 Å². The zero-order valence-corrected chi connectivity index (χ0v) is 6.84. The molecule has 0 amide bonds. The van der Waals surface area contributed by atoms with Gasteiger partial charge in [0.1, 0.15) is 6.33 Å². The lowest BCUT2D eigenvalue weighted by Crippen LogP contribution is -2.16. The van der Waals surface area contributed by atoms with Gasteiger partial charge in [-0.3, -0.25) is 0 Å². The lowest BCUT2D eigenvalue weighted by Gasteiger charge is -2.01. The molecule has 13 heavy (non-hydrogen) atoms. The summed E-state index contributed by atoms with van der Waals surface area (Å²) in [6.45, 7) is 0. The van der Waals surface area contributed by atoms with Crippen LogP contribution in [0, 0.1) is 0 Å². The molecule has 0 radical (unpaired) electrons. The Bertz CT molecular complexity index is 309. The Morgan fingerprint density at radius 1 is 1.46 bits per heavy atom. The van der Waals surface area contributed by atoms with Crippen LogP contribution in [-0.2, 0) is 0 Å². The van der Waals surface area contributed by atoms with Crippen LogP contribution >= 0.6 is 11.6 Å². The van der Waals surface area contributed by atoms with E-state index in [0.717, 1.165) is 6.33 Å². The summed E-state index contributed by atoms with van der Waals surface area (Å²) in [5, 5.41) is -1.45. The summed E-state index contributed by atoms with van der Waals surface area (Å²) >= 11 is 4.86. The van der Waals surface area contributed by atoms with Crippen LogP contribution in [0.1, 0.15) is 0 Å². The number of aliphatic imine (C=N–C) groups is 1. The van der Waals surface area contributed by atoms with Gasteiger partial charge >= 0.3 is 6.18 Å². The average Bonchev–Trinajstić information content (AvgIpc) is 2.04. The second-order valence-electron chi connectivity index (χ2n) is 1.97. The zero-order valence-electron chi connectivity index (χ0n) is 6.09. The van der Waals surface area contributed by atoms with Gasteiger partial charge in [-0.1, -0.05) is 11.6 Å². The van der Waals surface area contributed by atoms with Crippen LogP contribution < -0.4 is 0 Å². The standard InChI is InChI=1S/C6H3ClF3N3/c7-5(6(8,9)10)13-4-1-2-11-3-12-4/h1-3H. The number of aromatic nitrogens is 2. The number of rotatable bonds is 1. The zero-order chi connectivity index (χ0) is 9.90. The Kier molecular flexibility index (Phi) is 2.82. The Labute approximate surface area is 76.3 Å². The lowest BCUT2D eigenvalue weighted by molar-refractivity contribution is -0.0558. The van der Waals surface area contributed by atoms with E-state index < -0.39 is 11.3 Å². The van der Waals surface area contributed by atoms with Crippen LogP contribution in [-0.4, -0.2) is 21.3 Å². The van der Waals surface area contributed by atoms with Crippen molar-refractivity contribution in [2.75, 3.05) is 0 Å². The van der Waals surface area contributed by atoms with Crippen molar-refractivity contribution in [3.63, 3.8) is 0 Å². The number of hydrogen-bond acceptors (Lipinski definition) is 3. The van der Waals surface area contributed by atoms with Crippen LogP contribution in [0.15, 0.2) is 23.6 Å². The van der Waals surface area contributed by atoms with Crippen LogP contribution in [0.2, 0.25) is 0 Å². The van der Waals surface area contributed by atoms with Crippen molar-refractivity contribution in [2.45, 2.75) is 6.18 Å². The lowest BCUT2D eigenvalue weighted by atomic mass is 10.6. The van der Waals surface area contributed by atoms with E-state index in [9.17, 15) is 13.2 Å². The summed E-state index contributed by atoms with van der Waals surface area (Å²) in [5.74, 6) is -0.127. The van der Waals surface area contributed by atoms with E-state index in [1.54, 1.807) is 0 Å². The van der Waals surface area contributed by atoms with Gasteiger partial charge in [0.25, 0.3) is 0 Å². The maximum absolute atomic E-state index is 11.8. The smallest absolute Gasteiger partial charge is 0.245 e. The van der Waals surface area contributed by atoms with Crippen molar-refractivity contribution in [2.24, 2.45) is 4.99 Å². The summed E-state index contributed by atoms with van der Waals surface area (Å²) in [7, 11) is 0. The largest absolute Gasteiger partial charge is 0.444 e. The third-order valence-corrected chi connectivity index (χ3v) is 1.31. The molecule has 0 atom stereocenters. The van der Waals surface area contributed by atoms with Gasteiger partial charge in [0.05, 0.1) is 0 Å². The van der Waals surface area contributed by atoms with Crippen LogP contribution in [0.25, 0.3) is 0 Å². The fraction of sp³-hybridized carbons (Fsp3) is 0.167. The topological polar surface area (TPSA) is 38.1 Å². The molecule has 0 aliphatic heterocycles. The molecule has 1 heterocycles. The summed E-state index contributed by atoms with van der Waals surface area (Å²) in [6.07, 6.45) is -2.28. The fourth-order valence-corrected chi connectivity index (χ4v) is 0.600. The van der Waals surface area contributed by atoms with Crippen LogP contribution in [0.4, 0.5) is 19.0 Å². The van der Waals surface area contributed by atoms with E-state index >= 15 is 0 Å². The monoisotopic (exact) mass is 209 g/mol. The molecule has 3 nitrogen and oxygen atoms in total. The van der Waals surface area contributed by atoms with Crippen molar-refractivity contribution in [3.8, 4) is 0 Å². The molecule has 70 valence electrons. The Morgan fingerprint density at radius 3 is 2.62 bits per heavy atom. The maximum Gasteiger partial charge on any atom is 0.444 e. The highest BCUT2D eigenvalue weighted by atomic mass is 35.5. The van der Waals surface area contributed by atoms with E-state index in [4.69, 9.17) is 11.6 Å². The highest BCUT2D eigenvalue weighted by Gasteiger charge is 2.34. The third-order valence-electron chi connectivity index (χ3n) is 1.01. The van der Waals surface area contributed by atoms with Crippen molar-refractivity contribution in [3.05, 3.63) is 18.6 Å². The minimum Gasteiger partial charge on any atom is -0.245 e. The molecule has 1 aromatic rings. The van der Waals surface area contributed by atoms with E-state index in [0.29, 0.717) is 0 Å². The van der Waals surface area contributed by atoms with Gasteiger partial charge in [-0.25, -0.2) is 15.0 Å². The Balaban J connectivity index is 2.90. The van der Waals surface area contributed by atoms with Gasteiger partial charge in [-0.05, 0) is 0 Å². The molecule has 0 fully saturated rings. The van der Waals surface area contributed by atoms with E-state index in [-0.39, 0.29) is 5.82 Å². The van der Waals surface area contributed by atoms with Gasteiger partial charge in [0, 0.05) is 12.3 Å². The highest BCUT2D eigenvalue weighted by Crippen LogP contribution is 2.22. The second kappa shape index (κ2) is 3.69. The first-order valence-electron chi connectivity index (χ1n) is 3.07. The third kappa shape index (κ3) is 2.98. The summed E-state index contributed by atoms with van der Waals surface area (Å²) in [6, 6.07) is 1.22. The molecule has 0 aliphatic carbocycles. The highest BCUT2D eigenvalue weighted by molar-refractivity contribution is 6.67. The second-order valence-corrected chi connectivity index (χ2v) is 2.33. The number of nitrogens with zero attached hydrogens (tertiary/aromatic N) is 3. The normalized spacial score (nSPS) is 13.1. The molecule has 0 bridgehead atoms. The van der Waals surface area contributed by atoms with Gasteiger partial charge in [0.2, 0.25) is 5.17 Å². The predicted molar refractivity (Wildman–Crippen MR) is 41.0 cm³/mol. The van der Waals surface area contributed by atoms with Gasteiger partial charge in [-0.15, -0.1) is 0 Å². The molecule has 0 aliphatic rings. The molecule has 1 rings (SSSR count). The van der Waals surface area contributed by atoms with Crippen molar-refractivity contribution < 1.29 is 13.2 Å². The van der Waals surface area contributed by atoms with Gasteiger partial charge in [0.15, 0.2) is 5.82 Å². The van der Waals surface area contributed by atoms with E-state index in [1.165, 1.54) is 12.3 Å². The molecule has 0 spiro atoms. The molecule has 0 saturated heterocycles. The summed E-state index contributed by atoms with van der Waals surface area (Å²) < 4.78 is 35.5. The molecule has 7 heteroatoms. The first-order valence-corrected chi connectivity index (χ1v) is 3.45. The summed E-state index contributed by atoms with van der Waals surface area (Å²) in [4.78, 5) is 10.00. The first-order chi connectivity index (χ1) is 6.00. The predicted octanol–water partition coefficient (Wildman–Crippen LogP) is 2.31. The minimum absolute atomic E-state index is 0.127. The number of halogens is 4. The van der Waals surface area contributed by atoms with Crippen molar-refractivity contribution in [1.82, 2.24) is 9.97 Å². The van der Waals surface area contributed by atoms with E-state index in [1.807, 2.05) is 0 Å². The Morgan fingerprint density at radius 2 is 2.15 bits per heavy atom. The molecule has 1 aromatic heterocycles. The SMILES string of the molecule is FC(F)(F)C(Cl)=Nc1ccncn1. The Hall–Kier alpha value is -1.17. The first kappa shape index (κ1) is 9.91. The minimum atomic E-state index is -4.63.